The van der Waals surface area contributed by atoms with Crippen molar-refractivity contribution in [1.82, 2.24) is 9.88 Å². The van der Waals surface area contributed by atoms with Crippen LogP contribution >= 0.6 is 0 Å². The molecule has 1 N–H and O–H groups in total. The first-order valence-corrected chi connectivity index (χ1v) is 9.52. The molecule has 0 saturated carbocycles. The molecule has 4 rings (SSSR count). The second kappa shape index (κ2) is 8.32. The van der Waals surface area contributed by atoms with Crippen molar-refractivity contribution in [3.05, 3.63) is 59.9 Å². The number of aromatic nitrogens is 1. The summed E-state index contributed by atoms with van der Waals surface area (Å²) in [5.41, 5.74) is 1.44. The third kappa shape index (κ3) is 4.36. The van der Waals surface area contributed by atoms with Gasteiger partial charge in [0.1, 0.15) is 0 Å². The molecule has 2 aliphatic rings. The van der Waals surface area contributed by atoms with Gasteiger partial charge in [-0.3, -0.25) is 14.7 Å². The third-order valence-corrected chi connectivity index (χ3v) is 5.62. The Bertz CT molecular complexity index is 834. The van der Waals surface area contributed by atoms with Gasteiger partial charge in [-0.2, -0.15) is 0 Å². The Morgan fingerprint density at radius 3 is 2.89 bits per heavy atom. The zero-order valence-corrected chi connectivity index (χ0v) is 15.5. The first-order chi connectivity index (χ1) is 13.6. The predicted molar refractivity (Wildman–Crippen MR) is 100 cm³/mol. The van der Waals surface area contributed by atoms with Crippen molar-refractivity contribution < 1.29 is 18.3 Å². The summed E-state index contributed by atoms with van der Waals surface area (Å²) < 4.78 is 32.4. The summed E-state index contributed by atoms with van der Waals surface area (Å²) in [5.74, 6) is -0.824. The first kappa shape index (κ1) is 19.0. The van der Waals surface area contributed by atoms with E-state index in [0.29, 0.717) is 43.7 Å². The number of nitrogens with zero attached hydrogens (tertiary/aromatic N) is 2. The number of pyridine rings is 1. The lowest BCUT2D eigenvalue weighted by Crippen LogP contribution is -2.37. The number of nitrogens with one attached hydrogen (secondary N) is 1. The standard InChI is InChI=1S/C21H23F2N3O2/c22-19-4-3-14(6-20(19)23)9-26-10-16-13-28-12-15(18(16)11-26)7-21(27)25-17-2-1-5-24-8-17/h1-6,8,15-16,18H,7,9-13H2,(H,25,27)/t15-,16-,18+/m1/s1. The lowest BCUT2D eigenvalue weighted by molar-refractivity contribution is -0.119. The van der Waals surface area contributed by atoms with Gasteiger partial charge >= 0.3 is 0 Å². The fraction of sp³-hybridized carbons (Fsp3) is 0.429. The molecule has 3 heterocycles. The number of hydrogen-bond donors (Lipinski definition) is 1. The molecule has 0 aliphatic carbocycles. The fourth-order valence-electron chi connectivity index (χ4n) is 4.32. The number of hydrogen-bond acceptors (Lipinski definition) is 4. The van der Waals surface area contributed by atoms with E-state index in [9.17, 15) is 13.6 Å². The van der Waals surface area contributed by atoms with Crippen molar-refractivity contribution >= 4 is 11.6 Å². The van der Waals surface area contributed by atoms with E-state index >= 15 is 0 Å². The van der Waals surface area contributed by atoms with Crippen molar-refractivity contribution in [2.24, 2.45) is 17.8 Å². The van der Waals surface area contributed by atoms with Crippen molar-refractivity contribution in [2.75, 3.05) is 31.6 Å². The quantitative estimate of drug-likeness (QED) is 0.857. The summed E-state index contributed by atoms with van der Waals surface area (Å²) in [7, 11) is 0. The van der Waals surface area contributed by atoms with Gasteiger partial charge in [-0.15, -0.1) is 0 Å². The number of ether oxygens (including phenoxy) is 1. The van der Waals surface area contributed by atoms with Crippen LogP contribution in [0.1, 0.15) is 12.0 Å². The van der Waals surface area contributed by atoms with E-state index in [0.717, 1.165) is 18.7 Å². The molecular weight excluding hydrogens is 364 g/mol. The molecule has 0 unspecified atom stereocenters. The number of fused-ring (bicyclic) bond motifs is 1. The smallest absolute Gasteiger partial charge is 0.224 e. The molecule has 7 heteroatoms. The highest BCUT2D eigenvalue weighted by Gasteiger charge is 2.41. The Morgan fingerprint density at radius 2 is 2.11 bits per heavy atom. The minimum atomic E-state index is -0.827. The van der Waals surface area contributed by atoms with Gasteiger partial charge in [0, 0.05) is 32.3 Å². The second-order valence-corrected chi connectivity index (χ2v) is 7.66. The number of rotatable bonds is 5. The van der Waals surface area contributed by atoms with Gasteiger partial charge in [-0.1, -0.05) is 6.07 Å². The van der Waals surface area contributed by atoms with Crippen LogP contribution < -0.4 is 5.32 Å². The molecule has 5 nitrogen and oxygen atoms in total. The summed E-state index contributed by atoms with van der Waals surface area (Å²) >= 11 is 0. The summed E-state index contributed by atoms with van der Waals surface area (Å²) in [4.78, 5) is 18.7. The van der Waals surface area contributed by atoms with Crippen LogP contribution in [0.25, 0.3) is 0 Å². The number of benzene rings is 1. The maximum atomic E-state index is 13.5. The van der Waals surface area contributed by atoms with Crippen LogP contribution in [0.5, 0.6) is 0 Å². The van der Waals surface area contributed by atoms with Crippen LogP contribution in [0.3, 0.4) is 0 Å². The maximum absolute atomic E-state index is 13.5. The molecule has 0 bridgehead atoms. The molecular formula is C21H23F2N3O2. The van der Waals surface area contributed by atoms with Crippen LogP contribution in [0.4, 0.5) is 14.5 Å². The van der Waals surface area contributed by atoms with Crippen molar-refractivity contribution in [3.63, 3.8) is 0 Å². The molecule has 2 aliphatic heterocycles. The Balaban J connectivity index is 1.36. The van der Waals surface area contributed by atoms with E-state index in [-0.39, 0.29) is 11.8 Å². The van der Waals surface area contributed by atoms with Gasteiger partial charge in [0.25, 0.3) is 0 Å². The largest absolute Gasteiger partial charge is 0.381 e. The molecule has 2 saturated heterocycles. The molecule has 0 spiro atoms. The van der Waals surface area contributed by atoms with Crippen LogP contribution in [0, 0.1) is 29.4 Å². The number of halogens is 2. The van der Waals surface area contributed by atoms with Gasteiger partial charge in [-0.25, -0.2) is 8.78 Å². The Labute approximate surface area is 162 Å². The van der Waals surface area contributed by atoms with Gasteiger partial charge in [0.2, 0.25) is 5.91 Å². The zero-order chi connectivity index (χ0) is 19.5. The molecule has 1 aromatic carbocycles. The summed E-state index contributed by atoms with van der Waals surface area (Å²) in [6.45, 7) is 3.49. The highest BCUT2D eigenvalue weighted by atomic mass is 19.2. The number of amides is 1. The SMILES string of the molecule is O=C(C[C@@H]1COC[C@H]2CN(Cc3ccc(F)c(F)c3)C[C@@H]12)Nc1cccnc1. The van der Waals surface area contributed by atoms with E-state index < -0.39 is 11.6 Å². The summed E-state index contributed by atoms with van der Waals surface area (Å²) in [6.07, 6.45) is 3.68. The second-order valence-electron chi connectivity index (χ2n) is 7.66. The van der Waals surface area contributed by atoms with E-state index in [4.69, 9.17) is 4.74 Å². The number of carbonyl (C=O) groups is 1. The fourth-order valence-corrected chi connectivity index (χ4v) is 4.32. The van der Waals surface area contributed by atoms with Crippen LogP contribution in [-0.4, -0.2) is 42.1 Å². The van der Waals surface area contributed by atoms with Gasteiger partial charge < -0.3 is 10.1 Å². The Hall–Kier alpha value is -2.38. The Morgan fingerprint density at radius 1 is 1.21 bits per heavy atom. The average Bonchev–Trinajstić information content (AvgIpc) is 3.09. The van der Waals surface area contributed by atoms with E-state index in [2.05, 4.69) is 15.2 Å². The van der Waals surface area contributed by atoms with Crippen LogP contribution in [0.2, 0.25) is 0 Å². The Kier molecular flexibility index (Phi) is 5.64. The van der Waals surface area contributed by atoms with Crippen molar-refractivity contribution in [2.45, 2.75) is 13.0 Å². The van der Waals surface area contributed by atoms with Crippen molar-refractivity contribution in [3.8, 4) is 0 Å². The number of carbonyl (C=O) groups excluding carboxylic acids is 1. The summed E-state index contributed by atoms with van der Waals surface area (Å²) in [5, 5.41) is 2.88. The van der Waals surface area contributed by atoms with Crippen LogP contribution in [0.15, 0.2) is 42.7 Å². The van der Waals surface area contributed by atoms with E-state index in [1.54, 1.807) is 24.5 Å². The maximum Gasteiger partial charge on any atom is 0.224 e. The number of likely N-dealkylation sites (tertiary alicyclic amines) is 1. The first-order valence-electron chi connectivity index (χ1n) is 9.52. The third-order valence-electron chi connectivity index (χ3n) is 5.62. The van der Waals surface area contributed by atoms with Crippen molar-refractivity contribution in [1.29, 1.82) is 0 Å². The monoisotopic (exact) mass is 387 g/mol. The molecule has 3 atom stereocenters. The highest BCUT2D eigenvalue weighted by molar-refractivity contribution is 5.90. The van der Waals surface area contributed by atoms with E-state index in [1.165, 1.54) is 12.1 Å². The molecule has 28 heavy (non-hydrogen) atoms. The lowest BCUT2D eigenvalue weighted by Gasteiger charge is -2.32. The topological polar surface area (TPSA) is 54.5 Å². The molecule has 2 fully saturated rings. The molecule has 2 aromatic rings. The molecule has 0 radical (unpaired) electrons. The normalized spacial score (nSPS) is 24.7. The highest BCUT2D eigenvalue weighted by Crippen LogP contribution is 2.36. The van der Waals surface area contributed by atoms with Gasteiger partial charge in [0.05, 0.1) is 25.1 Å². The molecule has 1 amide bonds. The zero-order valence-electron chi connectivity index (χ0n) is 15.5. The van der Waals surface area contributed by atoms with Gasteiger partial charge in [0.15, 0.2) is 11.6 Å². The molecule has 1 aromatic heterocycles. The molecule has 148 valence electrons. The van der Waals surface area contributed by atoms with Crippen LogP contribution in [-0.2, 0) is 16.1 Å². The average molecular weight is 387 g/mol. The number of anilines is 1. The minimum Gasteiger partial charge on any atom is -0.381 e. The lowest BCUT2D eigenvalue weighted by atomic mass is 9.81. The van der Waals surface area contributed by atoms with E-state index in [1.807, 2.05) is 6.07 Å². The van der Waals surface area contributed by atoms with Gasteiger partial charge in [-0.05, 0) is 47.6 Å². The summed E-state index contributed by atoms with van der Waals surface area (Å²) in [6, 6.07) is 7.64. The minimum absolute atomic E-state index is 0.0405. The predicted octanol–water partition coefficient (Wildman–Crippen LogP) is 3.08.